The number of sulfonamides is 1. The summed E-state index contributed by atoms with van der Waals surface area (Å²) in [5.74, 6) is 0.0715. The van der Waals surface area contributed by atoms with Gasteiger partial charge in [-0.05, 0) is 30.9 Å². The number of benzene rings is 1. The van der Waals surface area contributed by atoms with Gasteiger partial charge < -0.3 is 4.90 Å². The van der Waals surface area contributed by atoms with E-state index < -0.39 is 10.0 Å². The van der Waals surface area contributed by atoms with E-state index >= 15 is 0 Å². The Morgan fingerprint density at radius 1 is 1.23 bits per heavy atom. The van der Waals surface area contributed by atoms with Crippen molar-refractivity contribution in [1.29, 1.82) is 0 Å². The Bertz CT molecular complexity index is 633. The number of piperidine rings is 1. The van der Waals surface area contributed by atoms with Gasteiger partial charge in [0.15, 0.2) is 0 Å². The Balaban J connectivity index is 2.01. The van der Waals surface area contributed by atoms with E-state index in [4.69, 9.17) is 0 Å². The lowest BCUT2D eigenvalue weighted by atomic mass is 9.97. The van der Waals surface area contributed by atoms with Gasteiger partial charge in [-0.25, -0.2) is 12.7 Å². The maximum Gasteiger partial charge on any atom is 0.225 e. The minimum absolute atomic E-state index is 0.0337. The van der Waals surface area contributed by atoms with Gasteiger partial charge >= 0.3 is 0 Å². The van der Waals surface area contributed by atoms with Crippen LogP contribution in [0.4, 0.5) is 0 Å². The second-order valence-corrected chi connectivity index (χ2v) is 8.06. The fourth-order valence-electron chi connectivity index (χ4n) is 2.81. The van der Waals surface area contributed by atoms with Crippen molar-refractivity contribution in [1.82, 2.24) is 9.21 Å². The third kappa shape index (κ3) is 3.87. The molecule has 1 aromatic rings. The lowest BCUT2D eigenvalue weighted by molar-refractivity contribution is -0.134. The Kier molecular flexibility index (Phi) is 5.24. The molecule has 6 heteroatoms. The summed E-state index contributed by atoms with van der Waals surface area (Å²) in [7, 11) is 0.160. The maximum absolute atomic E-state index is 12.5. The summed E-state index contributed by atoms with van der Waals surface area (Å²) in [5.41, 5.74) is 1.83. The Hall–Kier alpha value is -1.40. The van der Waals surface area contributed by atoms with E-state index in [0.717, 1.165) is 11.1 Å². The number of hydrogen-bond acceptors (Lipinski definition) is 3. The molecule has 0 aromatic heterocycles. The molecule has 1 heterocycles. The number of carbonyl (C=O) groups is 1. The van der Waals surface area contributed by atoms with Crippen LogP contribution in [-0.2, 0) is 20.6 Å². The molecule has 0 aliphatic carbocycles. The number of hydrogen-bond donors (Lipinski definition) is 0. The molecule has 0 saturated carbocycles. The summed E-state index contributed by atoms with van der Waals surface area (Å²) in [5, 5.41) is 0. The molecule has 2 rings (SSSR count). The second-order valence-electron chi connectivity index (χ2n) is 6.09. The third-order valence-electron chi connectivity index (χ3n) is 4.24. The zero-order valence-corrected chi connectivity index (χ0v) is 14.3. The summed E-state index contributed by atoms with van der Waals surface area (Å²) >= 11 is 0. The highest BCUT2D eigenvalue weighted by Crippen LogP contribution is 2.23. The van der Waals surface area contributed by atoms with E-state index in [-0.39, 0.29) is 17.6 Å². The monoisotopic (exact) mass is 324 g/mol. The predicted molar refractivity (Wildman–Crippen MR) is 86.8 cm³/mol. The molecule has 0 radical (unpaired) electrons. The fourth-order valence-corrected chi connectivity index (χ4v) is 4.47. The van der Waals surface area contributed by atoms with Crippen molar-refractivity contribution in [2.24, 2.45) is 5.92 Å². The van der Waals surface area contributed by atoms with Crippen molar-refractivity contribution in [3.05, 3.63) is 35.4 Å². The van der Waals surface area contributed by atoms with Gasteiger partial charge in [-0.2, -0.15) is 0 Å². The zero-order valence-electron chi connectivity index (χ0n) is 13.4. The van der Waals surface area contributed by atoms with Crippen molar-refractivity contribution in [2.45, 2.75) is 25.5 Å². The van der Waals surface area contributed by atoms with Crippen LogP contribution < -0.4 is 0 Å². The first kappa shape index (κ1) is 17.0. The second kappa shape index (κ2) is 6.79. The summed E-state index contributed by atoms with van der Waals surface area (Å²) in [4.78, 5) is 13.5. The first-order chi connectivity index (χ1) is 10.3. The van der Waals surface area contributed by atoms with Crippen LogP contribution >= 0.6 is 0 Å². The molecule has 1 aromatic carbocycles. The van der Waals surface area contributed by atoms with Crippen LogP contribution in [0.15, 0.2) is 24.3 Å². The Morgan fingerprint density at radius 2 is 1.82 bits per heavy atom. The number of rotatable bonds is 4. The number of carbonyl (C=O) groups excluding carboxylic acids is 1. The third-order valence-corrected chi connectivity index (χ3v) is 6.06. The highest BCUT2D eigenvalue weighted by molar-refractivity contribution is 7.88. The average Bonchev–Trinajstić information content (AvgIpc) is 2.49. The van der Waals surface area contributed by atoms with Crippen molar-refractivity contribution in [3.63, 3.8) is 0 Å². The van der Waals surface area contributed by atoms with E-state index in [1.54, 1.807) is 19.0 Å². The standard InChI is InChI=1S/C16H24N2O3S/c1-13-6-4-5-7-15(13)12-22(20,21)18-10-8-14(9-11-18)16(19)17(2)3/h4-7,14H,8-12H2,1-3H3. The van der Waals surface area contributed by atoms with Gasteiger partial charge in [0, 0.05) is 33.1 Å². The SMILES string of the molecule is Cc1ccccc1CS(=O)(=O)N1CCC(C(=O)N(C)C)CC1. The van der Waals surface area contributed by atoms with Crippen LogP contribution in [0.3, 0.4) is 0 Å². The molecule has 1 aliphatic rings. The average molecular weight is 324 g/mol. The van der Waals surface area contributed by atoms with Gasteiger partial charge in [-0.3, -0.25) is 4.79 Å². The van der Waals surface area contributed by atoms with Crippen molar-refractivity contribution in [2.75, 3.05) is 27.2 Å². The molecule has 22 heavy (non-hydrogen) atoms. The van der Waals surface area contributed by atoms with Gasteiger partial charge in [-0.15, -0.1) is 0 Å². The summed E-state index contributed by atoms with van der Waals surface area (Å²) in [6.07, 6.45) is 1.20. The van der Waals surface area contributed by atoms with Gasteiger partial charge in [0.25, 0.3) is 0 Å². The first-order valence-corrected chi connectivity index (χ1v) is 9.15. The van der Waals surface area contributed by atoms with E-state index in [0.29, 0.717) is 25.9 Å². The van der Waals surface area contributed by atoms with E-state index in [9.17, 15) is 13.2 Å². The molecular weight excluding hydrogens is 300 g/mol. The lowest BCUT2D eigenvalue weighted by Gasteiger charge is -2.31. The lowest BCUT2D eigenvalue weighted by Crippen LogP contribution is -2.43. The summed E-state index contributed by atoms with van der Waals surface area (Å²) < 4.78 is 26.6. The quantitative estimate of drug-likeness (QED) is 0.846. The number of amides is 1. The van der Waals surface area contributed by atoms with E-state index in [2.05, 4.69) is 0 Å². The molecule has 1 amide bonds. The Labute approximate surface area is 133 Å². The Morgan fingerprint density at radius 3 is 2.36 bits per heavy atom. The molecule has 0 unspecified atom stereocenters. The highest BCUT2D eigenvalue weighted by Gasteiger charge is 2.31. The minimum atomic E-state index is -3.32. The predicted octanol–water partition coefficient (Wildman–Crippen LogP) is 1.63. The molecule has 5 nitrogen and oxygen atoms in total. The fraction of sp³-hybridized carbons (Fsp3) is 0.562. The van der Waals surface area contributed by atoms with E-state index in [1.165, 1.54) is 4.31 Å². The molecule has 122 valence electrons. The first-order valence-electron chi connectivity index (χ1n) is 7.55. The maximum atomic E-state index is 12.5. The molecule has 0 atom stereocenters. The molecule has 1 saturated heterocycles. The topological polar surface area (TPSA) is 57.7 Å². The van der Waals surface area contributed by atoms with Gasteiger partial charge in [0.05, 0.1) is 5.75 Å². The van der Waals surface area contributed by atoms with E-state index in [1.807, 2.05) is 31.2 Å². The van der Waals surface area contributed by atoms with Gasteiger partial charge in [-0.1, -0.05) is 24.3 Å². The van der Waals surface area contributed by atoms with Crippen molar-refractivity contribution < 1.29 is 13.2 Å². The van der Waals surface area contributed by atoms with Crippen molar-refractivity contribution >= 4 is 15.9 Å². The van der Waals surface area contributed by atoms with Crippen LogP contribution in [0.5, 0.6) is 0 Å². The molecule has 0 N–H and O–H groups in total. The summed E-state index contributed by atoms with van der Waals surface area (Å²) in [6, 6.07) is 7.55. The number of nitrogens with zero attached hydrogens (tertiary/aromatic N) is 2. The molecule has 1 fully saturated rings. The molecule has 0 bridgehead atoms. The van der Waals surface area contributed by atoms with Crippen LogP contribution in [0, 0.1) is 12.8 Å². The smallest absolute Gasteiger partial charge is 0.225 e. The highest BCUT2D eigenvalue weighted by atomic mass is 32.2. The van der Waals surface area contributed by atoms with Crippen LogP contribution in [-0.4, -0.2) is 50.7 Å². The van der Waals surface area contributed by atoms with Crippen LogP contribution in [0.1, 0.15) is 24.0 Å². The largest absolute Gasteiger partial charge is 0.349 e. The molecule has 1 aliphatic heterocycles. The molecular formula is C16H24N2O3S. The van der Waals surface area contributed by atoms with Gasteiger partial charge in [0.2, 0.25) is 15.9 Å². The minimum Gasteiger partial charge on any atom is -0.349 e. The normalized spacial score (nSPS) is 17.4. The van der Waals surface area contributed by atoms with Crippen molar-refractivity contribution in [3.8, 4) is 0 Å². The van der Waals surface area contributed by atoms with Gasteiger partial charge in [0.1, 0.15) is 0 Å². The molecule has 0 spiro atoms. The van der Waals surface area contributed by atoms with Crippen LogP contribution in [0.25, 0.3) is 0 Å². The van der Waals surface area contributed by atoms with Crippen LogP contribution in [0.2, 0.25) is 0 Å². The zero-order chi connectivity index (χ0) is 16.3. The number of aryl methyl sites for hydroxylation is 1. The summed E-state index contributed by atoms with van der Waals surface area (Å²) in [6.45, 7) is 2.78.